The Balaban J connectivity index is 1.40. The summed E-state index contributed by atoms with van der Waals surface area (Å²) in [5, 5.41) is 12.9. The van der Waals surface area contributed by atoms with Crippen LogP contribution in [0, 0.1) is 23.7 Å². The lowest BCUT2D eigenvalue weighted by Crippen LogP contribution is -2.37. The van der Waals surface area contributed by atoms with E-state index in [-0.39, 0.29) is 12.0 Å². The second kappa shape index (κ2) is 4.60. The monoisotopic (exact) mass is 237 g/mol. The van der Waals surface area contributed by atoms with Crippen LogP contribution in [0.2, 0.25) is 0 Å². The Morgan fingerprint density at radius 3 is 2.41 bits per heavy atom. The first-order valence-corrected chi connectivity index (χ1v) is 7.23. The molecule has 3 rings (SSSR count). The first kappa shape index (κ1) is 11.5. The van der Waals surface area contributed by atoms with E-state index in [1.54, 1.807) is 0 Å². The zero-order valence-corrected chi connectivity index (χ0v) is 10.4. The summed E-state index contributed by atoms with van der Waals surface area (Å²) >= 11 is 0. The Labute approximate surface area is 103 Å². The molecule has 0 radical (unpaired) electrons. The normalized spacial score (nSPS) is 37.8. The first-order chi connectivity index (χ1) is 8.27. The maximum absolute atomic E-state index is 11.9. The lowest BCUT2D eigenvalue weighted by atomic mass is 10.0. The molecule has 2 N–H and O–H groups in total. The van der Waals surface area contributed by atoms with Crippen LogP contribution in [0.4, 0.5) is 0 Å². The number of carbonyl (C=O) groups is 1. The number of carbonyl (C=O) groups excluding carboxylic acids is 1. The number of aliphatic hydroxyl groups excluding tert-OH is 1. The molecular formula is C14H23NO2. The summed E-state index contributed by atoms with van der Waals surface area (Å²) in [6.45, 7) is 0.472. The van der Waals surface area contributed by atoms with Gasteiger partial charge in [0.15, 0.2) is 0 Å². The van der Waals surface area contributed by atoms with E-state index in [9.17, 15) is 9.90 Å². The molecule has 1 amide bonds. The Kier molecular flexibility index (Phi) is 3.12. The molecule has 3 saturated carbocycles. The van der Waals surface area contributed by atoms with Gasteiger partial charge in [0, 0.05) is 12.5 Å². The quantitative estimate of drug-likeness (QED) is 0.782. The summed E-state index contributed by atoms with van der Waals surface area (Å²) in [5.41, 5.74) is 0. The van der Waals surface area contributed by atoms with E-state index < -0.39 is 0 Å². The van der Waals surface area contributed by atoms with Crippen molar-refractivity contribution < 1.29 is 9.90 Å². The lowest BCUT2D eigenvalue weighted by Gasteiger charge is -2.18. The van der Waals surface area contributed by atoms with Gasteiger partial charge in [0.25, 0.3) is 0 Å². The first-order valence-electron chi connectivity index (χ1n) is 7.23. The van der Waals surface area contributed by atoms with Gasteiger partial charge in [0.05, 0.1) is 6.10 Å². The molecule has 0 aromatic carbocycles. The molecule has 0 heterocycles. The van der Waals surface area contributed by atoms with E-state index in [1.165, 1.54) is 32.1 Å². The number of aliphatic hydroxyl groups is 1. The SMILES string of the molecule is O=C(NCC(O)C1CCCC1)C1C2CCCC21. The molecule has 0 bridgehead atoms. The third kappa shape index (κ3) is 2.22. The van der Waals surface area contributed by atoms with Crippen molar-refractivity contribution in [3.8, 4) is 0 Å². The van der Waals surface area contributed by atoms with Crippen LogP contribution in [0.25, 0.3) is 0 Å². The molecule has 0 saturated heterocycles. The summed E-state index contributed by atoms with van der Waals surface area (Å²) < 4.78 is 0. The van der Waals surface area contributed by atoms with Crippen molar-refractivity contribution in [1.29, 1.82) is 0 Å². The van der Waals surface area contributed by atoms with E-state index in [0.717, 1.165) is 12.8 Å². The zero-order valence-electron chi connectivity index (χ0n) is 10.4. The van der Waals surface area contributed by atoms with E-state index in [2.05, 4.69) is 5.32 Å². The van der Waals surface area contributed by atoms with Crippen molar-refractivity contribution in [1.82, 2.24) is 5.32 Å². The number of hydrogen-bond donors (Lipinski definition) is 2. The Morgan fingerprint density at radius 2 is 1.76 bits per heavy atom. The van der Waals surface area contributed by atoms with E-state index >= 15 is 0 Å². The van der Waals surface area contributed by atoms with Gasteiger partial charge in [-0.2, -0.15) is 0 Å². The van der Waals surface area contributed by atoms with Crippen LogP contribution in [0.5, 0.6) is 0 Å². The molecule has 0 spiro atoms. The Morgan fingerprint density at radius 1 is 1.12 bits per heavy atom. The molecule has 3 unspecified atom stereocenters. The fourth-order valence-corrected chi connectivity index (χ4v) is 4.04. The maximum Gasteiger partial charge on any atom is 0.223 e. The van der Waals surface area contributed by atoms with Gasteiger partial charge in [-0.05, 0) is 43.4 Å². The second-order valence-corrected chi connectivity index (χ2v) is 6.14. The van der Waals surface area contributed by atoms with Crippen LogP contribution >= 0.6 is 0 Å². The summed E-state index contributed by atoms with van der Waals surface area (Å²) in [5.74, 6) is 2.28. The predicted molar refractivity (Wildman–Crippen MR) is 65.3 cm³/mol. The molecule has 0 aromatic rings. The van der Waals surface area contributed by atoms with Crippen LogP contribution in [-0.2, 0) is 4.79 Å². The number of fused-ring (bicyclic) bond motifs is 1. The van der Waals surface area contributed by atoms with Gasteiger partial charge in [-0.25, -0.2) is 0 Å². The second-order valence-electron chi connectivity index (χ2n) is 6.14. The summed E-state index contributed by atoms with van der Waals surface area (Å²) in [6.07, 6.45) is 8.22. The van der Waals surface area contributed by atoms with Gasteiger partial charge in [-0.15, -0.1) is 0 Å². The summed E-state index contributed by atoms with van der Waals surface area (Å²) in [4.78, 5) is 11.9. The van der Waals surface area contributed by atoms with Crippen molar-refractivity contribution >= 4 is 5.91 Å². The van der Waals surface area contributed by atoms with Crippen molar-refractivity contribution in [3.63, 3.8) is 0 Å². The minimum atomic E-state index is -0.319. The van der Waals surface area contributed by atoms with E-state index in [0.29, 0.717) is 30.2 Å². The minimum Gasteiger partial charge on any atom is -0.391 e. The van der Waals surface area contributed by atoms with Crippen LogP contribution in [-0.4, -0.2) is 23.7 Å². The highest BCUT2D eigenvalue weighted by Crippen LogP contribution is 2.57. The number of rotatable bonds is 4. The number of hydrogen-bond acceptors (Lipinski definition) is 2. The third-order valence-corrected chi connectivity index (χ3v) is 5.14. The topological polar surface area (TPSA) is 49.3 Å². The standard InChI is InChI=1S/C14H23NO2/c16-12(9-4-1-2-5-9)8-15-14(17)13-10-6-3-7-11(10)13/h9-13,16H,1-8H2,(H,15,17). The predicted octanol–water partition coefficient (Wildman–Crippen LogP) is 1.70. The zero-order chi connectivity index (χ0) is 11.8. The van der Waals surface area contributed by atoms with Crippen LogP contribution in [0.15, 0.2) is 0 Å². The third-order valence-electron chi connectivity index (χ3n) is 5.14. The molecule has 0 aliphatic heterocycles. The molecule has 17 heavy (non-hydrogen) atoms. The molecule has 3 aliphatic rings. The van der Waals surface area contributed by atoms with Gasteiger partial charge in [-0.3, -0.25) is 4.79 Å². The Hall–Kier alpha value is -0.570. The van der Waals surface area contributed by atoms with Gasteiger partial charge in [-0.1, -0.05) is 19.3 Å². The molecule has 96 valence electrons. The summed E-state index contributed by atoms with van der Waals surface area (Å²) in [6, 6.07) is 0. The average molecular weight is 237 g/mol. The molecule has 3 nitrogen and oxygen atoms in total. The largest absolute Gasteiger partial charge is 0.391 e. The van der Waals surface area contributed by atoms with Gasteiger partial charge in [0.2, 0.25) is 5.91 Å². The maximum atomic E-state index is 11.9. The number of nitrogens with one attached hydrogen (secondary N) is 1. The highest BCUT2D eigenvalue weighted by Gasteiger charge is 2.56. The van der Waals surface area contributed by atoms with Crippen molar-refractivity contribution in [2.45, 2.75) is 51.0 Å². The Bertz CT molecular complexity index is 289. The van der Waals surface area contributed by atoms with Crippen LogP contribution < -0.4 is 5.32 Å². The number of amides is 1. The molecular weight excluding hydrogens is 214 g/mol. The van der Waals surface area contributed by atoms with Gasteiger partial charge < -0.3 is 10.4 Å². The molecule has 3 aliphatic carbocycles. The van der Waals surface area contributed by atoms with Gasteiger partial charge in [0.1, 0.15) is 0 Å². The van der Waals surface area contributed by atoms with Crippen LogP contribution in [0.1, 0.15) is 44.9 Å². The van der Waals surface area contributed by atoms with Crippen molar-refractivity contribution in [2.75, 3.05) is 6.54 Å². The highest BCUT2D eigenvalue weighted by atomic mass is 16.3. The fourth-order valence-electron chi connectivity index (χ4n) is 4.04. The van der Waals surface area contributed by atoms with Gasteiger partial charge >= 0.3 is 0 Å². The average Bonchev–Trinajstić information content (AvgIpc) is 2.83. The minimum absolute atomic E-state index is 0.205. The molecule has 3 heteroatoms. The smallest absolute Gasteiger partial charge is 0.223 e. The van der Waals surface area contributed by atoms with Crippen molar-refractivity contribution in [3.05, 3.63) is 0 Å². The molecule has 3 fully saturated rings. The van der Waals surface area contributed by atoms with Crippen molar-refractivity contribution in [2.24, 2.45) is 23.7 Å². The fraction of sp³-hybridized carbons (Fsp3) is 0.929. The molecule has 3 atom stereocenters. The highest BCUT2D eigenvalue weighted by molar-refractivity contribution is 5.82. The lowest BCUT2D eigenvalue weighted by molar-refractivity contribution is -0.123. The van der Waals surface area contributed by atoms with E-state index in [1.807, 2.05) is 0 Å². The van der Waals surface area contributed by atoms with E-state index in [4.69, 9.17) is 0 Å². The summed E-state index contributed by atoms with van der Waals surface area (Å²) in [7, 11) is 0. The van der Waals surface area contributed by atoms with Crippen LogP contribution in [0.3, 0.4) is 0 Å². The molecule has 0 aromatic heterocycles.